The number of aryl methyl sites for hydroxylation is 1. The van der Waals surface area contributed by atoms with Gasteiger partial charge in [-0.3, -0.25) is 0 Å². The molecule has 2 rings (SSSR count). The molecule has 1 fully saturated rings. The van der Waals surface area contributed by atoms with Crippen molar-refractivity contribution in [2.45, 2.75) is 39.7 Å². The van der Waals surface area contributed by atoms with Crippen LogP contribution < -0.4 is 4.90 Å². The second-order valence-corrected chi connectivity index (χ2v) is 5.17. The highest BCUT2D eigenvalue weighted by Gasteiger charge is 2.22. The van der Waals surface area contributed by atoms with E-state index in [0.29, 0.717) is 0 Å². The van der Waals surface area contributed by atoms with E-state index >= 15 is 0 Å². The molecule has 1 aromatic rings. The summed E-state index contributed by atoms with van der Waals surface area (Å²) in [6.07, 6.45) is 3.97. The summed E-state index contributed by atoms with van der Waals surface area (Å²) in [5.41, 5.74) is 3.64. The van der Waals surface area contributed by atoms with Crippen molar-refractivity contribution in [3.8, 4) is 0 Å². The van der Waals surface area contributed by atoms with Crippen LogP contribution in [0, 0.1) is 12.8 Å². The summed E-state index contributed by atoms with van der Waals surface area (Å²) in [7, 11) is 0. The molecule has 94 valence electrons. The molecule has 1 atom stereocenters. The first-order chi connectivity index (χ1) is 8.24. The Bertz CT molecular complexity index is 375. The zero-order valence-corrected chi connectivity index (χ0v) is 10.9. The van der Waals surface area contributed by atoms with Crippen LogP contribution in [0.1, 0.15) is 37.3 Å². The highest BCUT2D eigenvalue weighted by Crippen LogP contribution is 2.29. The molecule has 1 heterocycles. The molecule has 2 heteroatoms. The molecular formula is C15H23NO. The van der Waals surface area contributed by atoms with E-state index in [2.05, 4.69) is 30.9 Å². The van der Waals surface area contributed by atoms with Crippen LogP contribution in [0.3, 0.4) is 0 Å². The van der Waals surface area contributed by atoms with Crippen LogP contribution in [0.4, 0.5) is 5.69 Å². The van der Waals surface area contributed by atoms with Gasteiger partial charge in [-0.2, -0.15) is 0 Å². The van der Waals surface area contributed by atoms with E-state index in [1.54, 1.807) is 0 Å². The van der Waals surface area contributed by atoms with Crippen LogP contribution in [-0.2, 0) is 6.61 Å². The van der Waals surface area contributed by atoms with Crippen molar-refractivity contribution in [3.63, 3.8) is 0 Å². The molecule has 1 N–H and O–H groups in total. The van der Waals surface area contributed by atoms with Crippen molar-refractivity contribution in [1.82, 2.24) is 0 Å². The number of aliphatic hydroxyl groups is 1. The van der Waals surface area contributed by atoms with E-state index in [0.717, 1.165) is 11.5 Å². The van der Waals surface area contributed by atoms with E-state index in [-0.39, 0.29) is 6.61 Å². The summed E-state index contributed by atoms with van der Waals surface area (Å²) in [5.74, 6) is 0.872. The van der Waals surface area contributed by atoms with E-state index in [4.69, 9.17) is 5.11 Å². The normalized spacial score (nSPS) is 19.9. The number of benzene rings is 1. The Balaban J connectivity index is 2.08. The van der Waals surface area contributed by atoms with E-state index in [1.165, 1.54) is 43.6 Å². The first kappa shape index (κ1) is 12.4. The monoisotopic (exact) mass is 233 g/mol. The summed E-state index contributed by atoms with van der Waals surface area (Å²) in [5, 5.41) is 9.12. The minimum absolute atomic E-state index is 0.138. The van der Waals surface area contributed by atoms with E-state index < -0.39 is 0 Å². The average Bonchev–Trinajstić information content (AvgIpc) is 2.78. The minimum Gasteiger partial charge on any atom is -0.392 e. The first-order valence-corrected chi connectivity index (χ1v) is 6.70. The van der Waals surface area contributed by atoms with Crippen molar-refractivity contribution >= 4 is 5.69 Å². The molecule has 0 aliphatic carbocycles. The minimum atomic E-state index is 0.138. The molecule has 17 heavy (non-hydrogen) atoms. The van der Waals surface area contributed by atoms with Crippen molar-refractivity contribution in [1.29, 1.82) is 0 Å². The molecule has 2 nitrogen and oxygen atoms in total. The van der Waals surface area contributed by atoms with Gasteiger partial charge >= 0.3 is 0 Å². The third kappa shape index (κ3) is 2.81. The molecule has 0 amide bonds. The number of rotatable bonds is 4. The third-order valence-electron chi connectivity index (χ3n) is 3.77. The Morgan fingerprint density at radius 3 is 2.88 bits per heavy atom. The fourth-order valence-corrected chi connectivity index (χ4v) is 2.87. The van der Waals surface area contributed by atoms with Gasteiger partial charge in [0.1, 0.15) is 0 Å². The Hall–Kier alpha value is -1.02. The molecule has 1 aliphatic rings. The highest BCUT2D eigenvalue weighted by atomic mass is 16.3. The van der Waals surface area contributed by atoms with Crippen LogP contribution in [0.5, 0.6) is 0 Å². The maximum atomic E-state index is 9.12. The molecule has 1 aromatic carbocycles. The molecule has 0 bridgehead atoms. The fraction of sp³-hybridized carbons (Fsp3) is 0.600. The lowest BCUT2D eigenvalue weighted by molar-refractivity contribution is 0.282. The number of hydrogen-bond acceptors (Lipinski definition) is 2. The Kier molecular flexibility index (Phi) is 4.06. The van der Waals surface area contributed by atoms with Gasteiger partial charge < -0.3 is 10.0 Å². The average molecular weight is 233 g/mol. The van der Waals surface area contributed by atoms with Crippen LogP contribution in [0.15, 0.2) is 18.2 Å². The van der Waals surface area contributed by atoms with Gasteiger partial charge in [0.15, 0.2) is 0 Å². The highest BCUT2D eigenvalue weighted by molar-refractivity contribution is 5.55. The van der Waals surface area contributed by atoms with E-state index in [9.17, 15) is 0 Å². The maximum Gasteiger partial charge on any atom is 0.0681 e. The summed E-state index contributed by atoms with van der Waals surface area (Å²) < 4.78 is 0. The zero-order chi connectivity index (χ0) is 12.3. The first-order valence-electron chi connectivity index (χ1n) is 6.70. The van der Waals surface area contributed by atoms with Gasteiger partial charge in [0, 0.05) is 18.8 Å². The summed E-state index contributed by atoms with van der Waals surface area (Å²) in [4.78, 5) is 2.50. The van der Waals surface area contributed by atoms with Crippen molar-refractivity contribution in [2.75, 3.05) is 18.0 Å². The number of anilines is 1. The summed E-state index contributed by atoms with van der Waals surface area (Å²) in [6, 6.07) is 6.30. The summed E-state index contributed by atoms with van der Waals surface area (Å²) in [6.45, 7) is 6.93. The Morgan fingerprint density at radius 1 is 1.41 bits per heavy atom. The summed E-state index contributed by atoms with van der Waals surface area (Å²) >= 11 is 0. The standard InChI is InChI=1S/C15H23NO/c1-3-4-13-7-8-16(10-13)15-6-5-14(11-17)9-12(15)2/h5-6,9,13,17H,3-4,7-8,10-11H2,1-2H3. The topological polar surface area (TPSA) is 23.5 Å². The van der Waals surface area contributed by atoms with Gasteiger partial charge in [-0.25, -0.2) is 0 Å². The lowest BCUT2D eigenvalue weighted by Crippen LogP contribution is -2.20. The van der Waals surface area contributed by atoms with Gasteiger partial charge in [-0.15, -0.1) is 0 Å². The SMILES string of the molecule is CCCC1CCN(c2ccc(CO)cc2C)C1. The van der Waals surface area contributed by atoms with Gasteiger partial charge in [0.05, 0.1) is 6.61 Å². The molecule has 0 aromatic heterocycles. The van der Waals surface area contributed by atoms with E-state index in [1.807, 2.05) is 6.07 Å². The number of aliphatic hydroxyl groups excluding tert-OH is 1. The van der Waals surface area contributed by atoms with Gasteiger partial charge in [-0.1, -0.05) is 25.5 Å². The van der Waals surface area contributed by atoms with Crippen LogP contribution >= 0.6 is 0 Å². The molecule has 1 saturated heterocycles. The Labute approximate surface area is 104 Å². The lowest BCUT2D eigenvalue weighted by atomic mass is 10.0. The maximum absolute atomic E-state index is 9.12. The van der Waals surface area contributed by atoms with Crippen molar-refractivity contribution in [3.05, 3.63) is 29.3 Å². The van der Waals surface area contributed by atoms with Crippen LogP contribution in [0.2, 0.25) is 0 Å². The molecular weight excluding hydrogens is 210 g/mol. The second kappa shape index (κ2) is 5.54. The van der Waals surface area contributed by atoms with Crippen molar-refractivity contribution in [2.24, 2.45) is 5.92 Å². The van der Waals surface area contributed by atoms with Gasteiger partial charge in [0.2, 0.25) is 0 Å². The molecule has 1 unspecified atom stereocenters. The molecule has 1 aliphatic heterocycles. The number of nitrogens with zero attached hydrogens (tertiary/aromatic N) is 1. The van der Waals surface area contributed by atoms with Gasteiger partial charge in [-0.05, 0) is 42.9 Å². The van der Waals surface area contributed by atoms with Crippen LogP contribution in [-0.4, -0.2) is 18.2 Å². The second-order valence-electron chi connectivity index (χ2n) is 5.17. The Morgan fingerprint density at radius 2 is 2.24 bits per heavy atom. The molecule has 0 spiro atoms. The van der Waals surface area contributed by atoms with Crippen molar-refractivity contribution < 1.29 is 5.11 Å². The predicted octanol–water partition coefficient (Wildman–Crippen LogP) is 3.11. The quantitative estimate of drug-likeness (QED) is 0.863. The largest absolute Gasteiger partial charge is 0.392 e. The third-order valence-corrected chi connectivity index (χ3v) is 3.77. The lowest BCUT2D eigenvalue weighted by Gasteiger charge is -2.21. The predicted molar refractivity (Wildman–Crippen MR) is 72.3 cm³/mol. The zero-order valence-electron chi connectivity index (χ0n) is 10.9. The smallest absolute Gasteiger partial charge is 0.0681 e. The fourth-order valence-electron chi connectivity index (χ4n) is 2.87. The molecule has 0 radical (unpaired) electrons. The van der Waals surface area contributed by atoms with Crippen LogP contribution in [0.25, 0.3) is 0 Å². The van der Waals surface area contributed by atoms with Gasteiger partial charge in [0.25, 0.3) is 0 Å². The number of hydrogen-bond donors (Lipinski definition) is 1. The molecule has 0 saturated carbocycles.